The lowest BCUT2D eigenvalue weighted by atomic mass is 10.0. The number of carbonyl (C=O) groups is 1. The van der Waals surface area contributed by atoms with Crippen LogP contribution in [0.5, 0.6) is 5.75 Å². The van der Waals surface area contributed by atoms with E-state index >= 15 is 0 Å². The summed E-state index contributed by atoms with van der Waals surface area (Å²) in [4.78, 5) is 25.8. The fourth-order valence-electron chi connectivity index (χ4n) is 3.34. The number of aryl methyl sites for hydroxylation is 1. The van der Waals surface area contributed by atoms with Gasteiger partial charge in [-0.25, -0.2) is 4.79 Å². The molecule has 0 spiro atoms. The number of hydrogen-bond donors (Lipinski definition) is 2. The molecule has 26 heavy (non-hydrogen) atoms. The molecule has 1 fully saturated rings. The average molecular weight is 370 g/mol. The molecule has 0 saturated heterocycles. The van der Waals surface area contributed by atoms with Gasteiger partial charge in [-0.1, -0.05) is 0 Å². The summed E-state index contributed by atoms with van der Waals surface area (Å²) >= 11 is 1.64. The lowest BCUT2D eigenvalue weighted by molar-refractivity contribution is 0.143. The number of fused-ring (bicyclic) bond motifs is 1. The van der Waals surface area contributed by atoms with Gasteiger partial charge in [-0.3, -0.25) is 9.20 Å². The van der Waals surface area contributed by atoms with Gasteiger partial charge in [-0.15, -0.1) is 11.3 Å². The van der Waals surface area contributed by atoms with Crippen LogP contribution in [0.2, 0.25) is 0 Å². The smallest absolute Gasteiger partial charge is 0.449 e. The van der Waals surface area contributed by atoms with Gasteiger partial charge in [0.25, 0.3) is 5.56 Å². The highest BCUT2D eigenvalue weighted by molar-refractivity contribution is 7.15. The molecule has 4 rings (SSSR count). The quantitative estimate of drug-likeness (QED) is 0.683. The molecule has 6 nitrogen and oxygen atoms in total. The second-order valence-electron chi connectivity index (χ2n) is 6.45. The van der Waals surface area contributed by atoms with E-state index in [4.69, 9.17) is 15.6 Å². The molecule has 1 saturated carbocycles. The molecule has 3 N–H and O–H groups in total. The zero-order chi connectivity index (χ0) is 18.4. The van der Waals surface area contributed by atoms with E-state index in [1.807, 2.05) is 25.1 Å². The topological polar surface area (TPSA) is 94.0 Å². The van der Waals surface area contributed by atoms with E-state index < -0.39 is 11.7 Å². The van der Waals surface area contributed by atoms with Gasteiger partial charge in [-0.2, -0.15) is 0 Å². The minimum atomic E-state index is -1.48. The van der Waals surface area contributed by atoms with E-state index in [1.54, 1.807) is 23.6 Å². The second kappa shape index (κ2) is 6.26. The van der Waals surface area contributed by atoms with E-state index in [2.05, 4.69) is 0 Å². The second-order valence-corrected chi connectivity index (χ2v) is 7.62. The van der Waals surface area contributed by atoms with Crippen molar-refractivity contribution in [1.82, 2.24) is 4.40 Å². The fraction of sp³-hybridized carbons (Fsp3) is 0.263. The van der Waals surface area contributed by atoms with Crippen LogP contribution in [0.3, 0.4) is 0 Å². The van der Waals surface area contributed by atoms with Crippen LogP contribution >= 0.6 is 11.3 Å². The Morgan fingerprint density at radius 1 is 1.38 bits per heavy atom. The number of nitrogens with two attached hydrogens (primary N) is 1. The van der Waals surface area contributed by atoms with Gasteiger partial charge >= 0.3 is 6.16 Å². The van der Waals surface area contributed by atoms with E-state index in [1.165, 1.54) is 4.40 Å². The molecule has 0 aromatic carbocycles. The Morgan fingerprint density at radius 3 is 2.77 bits per heavy atom. The normalized spacial score (nSPS) is 13.9. The maximum atomic E-state index is 12.7. The summed E-state index contributed by atoms with van der Waals surface area (Å²) in [7, 11) is 0. The van der Waals surface area contributed by atoms with Crippen molar-refractivity contribution in [1.29, 1.82) is 0 Å². The predicted molar refractivity (Wildman–Crippen MR) is 100 cm³/mol. The van der Waals surface area contributed by atoms with Crippen molar-refractivity contribution in [2.24, 2.45) is 5.73 Å². The Hall–Kier alpha value is -2.64. The number of aromatic nitrogens is 1. The number of pyridine rings is 2. The van der Waals surface area contributed by atoms with Crippen molar-refractivity contribution in [2.45, 2.75) is 32.2 Å². The minimum Gasteiger partial charge on any atom is -0.449 e. The molecular formula is C19H18N2O4S. The fourth-order valence-corrected chi connectivity index (χ4v) is 4.31. The number of thiophene rings is 1. The minimum absolute atomic E-state index is 0.148. The van der Waals surface area contributed by atoms with Crippen molar-refractivity contribution in [2.75, 3.05) is 0 Å². The van der Waals surface area contributed by atoms with Gasteiger partial charge < -0.3 is 15.6 Å². The highest BCUT2D eigenvalue weighted by atomic mass is 32.1. The Kier molecular flexibility index (Phi) is 4.05. The van der Waals surface area contributed by atoms with Gasteiger partial charge in [0.15, 0.2) is 5.75 Å². The molecular weight excluding hydrogens is 352 g/mol. The number of carboxylic acid groups (broad SMARTS) is 1. The van der Waals surface area contributed by atoms with Gasteiger partial charge in [0.1, 0.15) is 0 Å². The number of rotatable bonds is 4. The standard InChI is InChI=1S/C19H18N2O4S/c1-10-13(16-5-4-12(9-20)26-16)6-7-21-17(10)14(11-2-3-11)8-15(18(21)22)25-19(23)24/h4-8,11H,2-3,9,20H2,1H3,(H,23,24). The van der Waals surface area contributed by atoms with Crippen LogP contribution < -0.4 is 16.0 Å². The van der Waals surface area contributed by atoms with Crippen molar-refractivity contribution < 1.29 is 14.6 Å². The van der Waals surface area contributed by atoms with Crippen LogP contribution in [0.1, 0.15) is 34.8 Å². The highest BCUT2D eigenvalue weighted by Crippen LogP contribution is 2.44. The molecule has 0 bridgehead atoms. The Bertz CT molecular complexity index is 1080. The summed E-state index contributed by atoms with van der Waals surface area (Å²) in [5.74, 6) is 0.184. The van der Waals surface area contributed by atoms with Crippen LogP contribution in [-0.4, -0.2) is 15.7 Å². The van der Waals surface area contributed by atoms with Crippen LogP contribution in [0, 0.1) is 6.92 Å². The Labute approximate surface area is 153 Å². The average Bonchev–Trinajstić information content (AvgIpc) is 3.34. The van der Waals surface area contributed by atoms with E-state index in [0.717, 1.165) is 44.8 Å². The molecule has 0 atom stereocenters. The number of hydrogen-bond acceptors (Lipinski definition) is 5. The van der Waals surface area contributed by atoms with Crippen LogP contribution in [0.15, 0.2) is 35.3 Å². The van der Waals surface area contributed by atoms with Crippen molar-refractivity contribution in [3.8, 4) is 16.2 Å². The monoisotopic (exact) mass is 370 g/mol. The lowest BCUT2D eigenvalue weighted by Crippen LogP contribution is -2.20. The van der Waals surface area contributed by atoms with Crippen LogP contribution in [0.25, 0.3) is 16.0 Å². The molecule has 0 amide bonds. The maximum Gasteiger partial charge on any atom is 0.511 e. The zero-order valence-corrected chi connectivity index (χ0v) is 15.0. The maximum absolute atomic E-state index is 12.7. The first-order valence-electron chi connectivity index (χ1n) is 8.38. The summed E-state index contributed by atoms with van der Waals surface area (Å²) in [6, 6.07) is 7.54. The van der Waals surface area contributed by atoms with E-state index in [9.17, 15) is 9.59 Å². The van der Waals surface area contributed by atoms with Crippen LogP contribution in [-0.2, 0) is 6.54 Å². The van der Waals surface area contributed by atoms with Gasteiger partial charge in [0.05, 0.1) is 5.52 Å². The molecule has 134 valence electrons. The van der Waals surface area contributed by atoms with Crippen LogP contribution in [0.4, 0.5) is 4.79 Å². The summed E-state index contributed by atoms with van der Waals surface area (Å²) < 4.78 is 6.22. The number of nitrogens with zero attached hydrogens (tertiary/aromatic N) is 1. The predicted octanol–water partition coefficient (Wildman–Crippen LogP) is 3.73. The van der Waals surface area contributed by atoms with Crippen molar-refractivity contribution in [3.05, 3.63) is 56.8 Å². The molecule has 1 aliphatic rings. The number of ether oxygens (including phenoxy) is 1. The van der Waals surface area contributed by atoms with E-state index in [0.29, 0.717) is 12.5 Å². The summed E-state index contributed by atoms with van der Waals surface area (Å²) in [5, 5.41) is 8.90. The first-order chi connectivity index (χ1) is 12.5. The summed E-state index contributed by atoms with van der Waals surface area (Å²) in [6.07, 6.45) is 2.27. The third-order valence-corrected chi connectivity index (χ3v) is 5.86. The highest BCUT2D eigenvalue weighted by Gasteiger charge is 2.29. The SMILES string of the molecule is Cc1c(-c2ccc(CN)s2)ccn2c(=O)c(OC(=O)O)cc(C3CC3)c12. The van der Waals surface area contributed by atoms with Gasteiger partial charge in [0, 0.05) is 22.5 Å². The molecule has 7 heteroatoms. The largest absolute Gasteiger partial charge is 0.511 e. The lowest BCUT2D eigenvalue weighted by Gasteiger charge is -2.15. The zero-order valence-electron chi connectivity index (χ0n) is 14.2. The van der Waals surface area contributed by atoms with Gasteiger partial charge in [-0.05, 0) is 66.6 Å². The molecule has 0 unspecified atom stereocenters. The molecule has 3 aromatic heterocycles. The van der Waals surface area contributed by atoms with Gasteiger partial charge in [0.2, 0.25) is 0 Å². The van der Waals surface area contributed by atoms with Crippen molar-refractivity contribution in [3.63, 3.8) is 0 Å². The Morgan fingerprint density at radius 2 is 2.15 bits per heavy atom. The van der Waals surface area contributed by atoms with E-state index in [-0.39, 0.29) is 5.75 Å². The third kappa shape index (κ3) is 2.79. The third-order valence-electron chi connectivity index (χ3n) is 4.72. The molecule has 0 radical (unpaired) electrons. The van der Waals surface area contributed by atoms with Crippen molar-refractivity contribution >= 4 is 23.0 Å². The molecule has 0 aliphatic heterocycles. The molecule has 1 aliphatic carbocycles. The molecule has 3 aromatic rings. The first kappa shape index (κ1) is 16.8. The Balaban J connectivity index is 1.97. The molecule has 3 heterocycles. The summed E-state index contributed by atoms with van der Waals surface area (Å²) in [5.41, 5.74) is 9.13. The first-order valence-corrected chi connectivity index (χ1v) is 9.20. The summed E-state index contributed by atoms with van der Waals surface area (Å²) in [6.45, 7) is 2.50.